The lowest BCUT2D eigenvalue weighted by molar-refractivity contribution is -0.124. The Morgan fingerprint density at radius 3 is 2.79 bits per heavy atom. The molecule has 0 spiro atoms. The van der Waals surface area contributed by atoms with Crippen molar-refractivity contribution in [2.75, 3.05) is 36.0 Å². The second-order valence-electron chi connectivity index (χ2n) is 6.17. The van der Waals surface area contributed by atoms with Crippen LogP contribution in [-0.4, -0.2) is 49.2 Å². The number of carbonyl (C=O) groups excluding carboxylic acids is 1. The van der Waals surface area contributed by atoms with Crippen LogP contribution in [0.1, 0.15) is 5.56 Å². The van der Waals surface area contributed by atoms with Gasteiger partial charge in [-0.3, -0.25) is 15.5 Å². The molecule has 7 nitrogen and oxygen atoms in total. The summed E-state index contributed by atoms with van der Waals surface area (Å²) in [6.45, 7) is 3.41. The second-order valence-corrected chi connectivity index (χ2v) is 7.40. The summed E-state index contributed by atoms with van der Waals surface area (Å²) in [7, 11) is 0. The maximum absolute atomic E-state index is 12.0. The fourth-order valence-electron chi connectivity index (χ4n) is 3.16. The first-order valence-electron chi connectivity index (χ1n) is 8.31. The van der Waals surface area contributed by atoms with Gasteiger partial charge in [0.1, 0.15) is 6.17 Å². The van der Waals surface area contributed by atoms with Crippen molar-refractivity contribution in [3.63, 3.8) is 0 Å². The van der Waals surface area contributed by atoms with E-state index in [1.54, 1.807) is 0 Å². The van der Waals surface area contributed by atoms with E-state index in [0.29, 0.717) is 19.0 Å². The summed E-state index contributed by atoms with van der Waals surface area (Å²) in [6, 6.07) is 8.56. The van der Waals surface area contributed by atoms with Crippen molar-refractivity contribution in [3.8, 4) is 0 Å². The smallest absolute Gasteiger partial charge is 0.234 e. The standard InChI is InChI=1S/C16H22N6OS/c23-15-13-10-18-21-14(13)19-16(20-15)17-9-11-1-3-12(4-2-11)22-5-7-24-8-6-22/h1-4,13-14,18,21H,5-10H2,(H2,17,19,20,23). The van der Waals surface area contributed by atoms with Crippen LogP contribution in [0.25, 0.3) is 0 Å². The molecule has 3 saturated heterocycles. The summed E-state index contributed by atoms with van der Waals surface area (Å²) in [6.07, 6.45) is -0.0863. The van der Waals surface area contributed by atoms with Crippen molar-refractivity contribution in [1.29, 1.82) is 0 Å². The quantitative estimate of drug-likeness (QED) is 0.610. The van der Waals surface area contributed by atoms with Gasteiger partial charge >= 0.3 is 0 Å². The van der Waals surface area contributed by atoms with E-state index in [9.17, 15) is 4.79 Å². The minimum Gasteiger partial charge on any atom is -0.370 e. The molecule has 0 aromatic heterocycles. The van der Waals surface area contributed by atoms with Crippen LogP contribution in [0.3, 0.4) is 0 Å². The molecule has 0 bridgehead atoms. The number of thioether (sulfide) groups is 1. The Balaban J connectivity index is 1.37. The number of anilines is 1. The van der Waals surface area contributed by atoms with Gasteiger partial charge in [-0.2, -0.15) is 11.8 Å². The number of fused-ring (bicyclic) bond motifs is 1. The van der Waals surface area contributed by atoms with Gasteiger partial charge in [0.05, 0.1) is 12.5 Å². The highest BCUT2D eigenvalue weighted by Gasteiger charge is 2.37. The number of aliphatic imine (C=N–C) groups is 1. The van der Waals surface area contributed by atoms with Gasteiger partial charge in [-0.1, -0.05) is 12.1 Å². The van der Waals surface area contributed by atoms with Crippen LogP contribution in [0.5, 0.6) is 0 Å². The summed E-state index contributed by atoms with van der Waals surface area (Å²) in [5, 5.41) is 6.04. The van der Waals surface area contributed by atoms with Gasteiger partial charge in [0.25, 0.3) is 0 Å². The van der Waals surface area contributed by atoms with Gasteiger partial charge in [0.15, 0.2) is 5.96 Å². The van der Waals surface area contributed by atoms with Crippen LogP contribution in [-0.2, 0) is 11.3 Å². The van der Waals surface area contributed by atoms with Gasteiger partial charge < -0.3 is 10.2 Å². The maximum atomic E-state index is 12.0. The highest BCUT2D eigenvalue weighted by molar-refractivity contribution is 7.99. The summed E-state index contributed by atoms with van der Waals surface area (Å²) in [5.41, 5.74) is 8.45. The van der Waals surface area contributed by atoms with E-state index in [0.717, 1.165) is 18.7 Å². The van der Waals surface area contributed by atoms with Gasteiger partial charge in [-0.25, -0.2) is 10.4 Å². The Morgan fingerprint density at radius 1 is 1.21 bits per heavy atom. The van der Waals surface area contributed by atoms with Crippen LogP contribution in [0.4, 0.5) is 5.69 Å². The zero-order valence-electron chi connectivity index (χ0n) is 13.4. The largest absolute Gasteiger partial charge is 0.370 e. The molecule has 3 aliphatic heterocycles. The number of amides is 1. The molecule has 4 N–H and O–H groups in total. The zero-order chi connectivity index (χ0) is 16.4. The monoisotopic (exact) mass is 346 g/mol. The third-order valence-electron chi connectivity index (χ3n) is 4.58. The second kappa shape index (κ2) is 7.00. The average Bonchev–Trinajstić information content (AvgIpc) is 3.10. The fraction of sp³-hybridized carbons (Fsp3) is 0.500. The molecule has 2 unspecified atom stereocenters. The SMILES string of the molecule is O=C1NC(=NCc2ccc(N3CCSCC3)cc2)NC2NNCC12. The van der Waals surface area contributed by atoms with Gasteiger partial charge in [-0.05, 0) is 17.7 Å². The van der Waals surface area contributed by atoms with Crippen molar-refractivity contribution in [2.24, 2.45) is 10.9 Å². The van der Waals surface area contributed by atoms with E-state index in [4.69, 9.17) is 0 Å². The van der Waals surface area contributed by atoms with Crippen molar-refractivity contribution < 1.29 is 4.79 Å². The number of nitrogens with one attached hydrogen (secondary N) is 4. The van der Waals surface area contributed by atoms with Crippen molar-refractivity contribution >= 4 is 29.3 Å². The molecular formula is C16H22N6OS. The Bertz CT molecular complexity index is 628. The highest BCUT2D eigenvalue weighted by atomic mass is 32.2. The van der Waals surface area contributed by atoms with Crippen LogP contribution in [0.2, 0.25) is 0 Å². The number of rotatable bonds is 3. The van der Waals surface area contributed by atoms with E-state index in [2.05, 4.69) is 55.6 Å². The molecule has 1 aromatic rings. The van der Waals surface area contributed by atoms with Gasteiger partial charge in [-0.15, -0.1) is 0 Å². The molecule has 8 heteroatoms. The number of hydrogen-bond donors (Lipinski definition) is 4. The average molecular weight is 346 g/mol. The summed E-state index contributed by atoms with van der Waals surface area (Å²) in [5.74, 6) is 2.85. The third-order valence-corrected chi connectivity index (χ3v) is 5.53. The Kier molecular flexibility index (Phi) is 4.59. The number of hydrogen-bond acceptors (Lipinski definition) is 6. The lowest BCUT2D eigenvalue weighted by Crippen LogP contribution is -2.61. The zero-order valence-corrected chi connectivity index (χ0v) is 14.2. The first-order valence-corrected chi connectivity index (χ1v) is 9.47. The minimum atomic E-state index is -0.0917. The van der Waals surface area contributed by atoms with E-state index >= 15 is 0 Å². The molecule has 3 fully saturated rings. The third kappa shape index (κ3) is 3.35. The topological polar surface area (TPSA) is 80.8 Å². The lowest BCUT2D eigenvalue weighted by atomic mass is 10.1. The van der Waals surface area contributed by atoms with Gasteiger partial charge in [0.2, 0.25) is 5.91 Å². The summed E-state index contributed by atoms with van der Waals surface area (Å²) >= 11 is 2.02. The fourth-order valence-corrected chi connectivity index (χ4v) is 4.06. The van der Waals surface area contributed by atoms with Crippen molar-refractivity contribution in [1.82, 2.24) is 21.5 Å². The Morgan fingerprint density at radius 2 is 2.00 bits per heavy atom. The number of benzene rings is 1. The predicted molar refractivity (Wildman–Crippen MR) is 96.8 cm³/mol. The normalized spacial score (nSPS) is 28.4. The molecule has 3 aliphatic rings. The highest BCUT2D eigenvalue weighted by Crippen LogP contribution is 2.20. The van der Waals surface area contributed by atoms with Crippen LogP contribution >= 0.6 is 11.8 Å². The predicted octanol–water partition coefficient (Wildman–Crippen LogP) is -0.135. The van der Waals surface area contributed by atoms with Gasteiger partial charge in [0, 0.05) is 36.8 Å². The molecule has 3 heterocycles. The first kappa shape index (κ1) is 15.7. The number of carbonyl (C=O) groups is 1. The minimum absolute atomic E-state index is 0.00770. The molecule has 1 aromatic carbocycles. The number of guanidine groups is 1. The molecule has 0 aliphatic carbocycles. The molecular weight excluding hydrogens is 324 g/mol. The molecule has 24 heavy (non-hydrogen) atoms. The van der Waals surface area contributed by atoms with Crippen LogP contribution in [0, 0.1) is 5.92 Å². The van der Waals surface area contributed by atoms with E-state index in [1.807, 2.05) is 11.8 Å². The van der Waals surface area contributed by atoms with Crippen LogP contribution < -0.4 is 26.4 Å². The lowest BCUT2D eigenvalue weighted by Gasteiger charge is -2.28. The van der Waals surface area contributed by atoms with E-state index in [-0.39, 0.29) is 18.0 Å². The maximum Gasteiger partial charge on any atom is 0.234 e. The summed E-state index contributed by atoms with van der Waals surface area (Å²) < 4.78 is 0. The molecule has 1 amide bonds. The first-order chi connectivity index (χ1) is 11.8. The summed E-state index contributed by atoms with van der Waals surface area (Å²) in [4.78, 5) is 18.9. The molecule has 4 rings (SSSR count). The number of hydrazine groups is 1. The van der Waals surface area contributed by atoms with Crippen molar-refractivity contribution in [3.05, 3.63) is 29.8 Å². The molecule has 0 radical (unpaired) electrons. The molecule has 2 atom stereocenters. The van der Waals surface area contributed by atoms with Crippen LogP contribution in [0.15, 0.2) is 29.3 Å². The molecule has 128 valence electrons. The Hall–Kier alpha value is -1.77. The number of nitrogens with zero attached hydrogens (tertiary/aromatic N) is 2. The van der Waals surface area contributed by atoms with Crippen molar-refractivity contribution in [2.45, 2.75) is 12.7 Å². The van der Waals surface area contributed by atoms with E-state index < -0.39 is 0 Å². The molecule has 0 saturated carbocycles. The Labute approximate surface area is 145 Å². The van der Waals surface area contributed by atoms with E-state index in [1.165, 1.54) is 17.2 Å².